The monoisotopic (exact) mass is 433 g/mol. The highest BCUT2D eigenvalue weighted by atomic mass is 35.5. The molecule has 0 saturated carbocycles. The number of carbonyl (C=O) groups is 1. The summed E-state index contributed by atoms with van der Waals surface area (Å²) in [6, 6.07) is 10.7. The number of benzene rings is 1. The molecule has 0 aliphatic heterocycles. The predicted octanol–water partition coefficient (Wildman–Crippen LogP) is 3.73. The normalized spacial score (nSPS) is 10.6. The number of carbonyl (C=O) groups excluding carboxylic acids is 1. The number of rotatable bonds is 10. The molecule has 0 fully saturated rings. The topological polar surface area (TPSA) is 82.6 Å². The van der Waals surface area contributed by atoms with Gasteiger partial charge in [0, 0.05) is 35.8 Å². The van der Waals surface area contributed by atoms with Crippen LogP contribution in [0.1, 0.15) is 21.1 Å². The number of nitrogens with zero attached hydrogens (tertiary/aromatic N) is 2. The first kappa shape index (κ1) is 21.0. The van der Waals surface area contributed by atoms with Gasteiger partial charge in [-0.05, 0) is 30.3 Å². The fraction of sp³-hybridized carbons (Fsp3) is 0.250. The summed E-state index contributed by atoms with van der Waals surface area (Å²) >= 11 is 7.22. The Morgan fingerprint density at radius 1 is 1.17 bits per heavy atom. The van der Waals surface area contributed by atoms with Gasteiger partial charge in [-0.15, -0.1) is 11.3 Å². The number of aromatic nitrogens is 2. The Balaban J connectivity index is 1.52. The molecule has 2 aromatic heterocycles. The van der Waals surface area contributed by atoms with E-state index in [1.165, 1.54) is 11.3 Å². The molecule has 1 N–H and O–H groups in total. The minimum absolute atomic E-state index is 0.273. The number of hydrogen-bond donors (Lipinski definition) is 1. The second-order valence-corrected chi connectivity index (χ2v) is 7.24. The van der Waals surface area contributed by atoms with Crippen molar-refractivity contribution in [2.24, 2.45) is 0 Å². The van der Waals surface area contributed by atoms with E-state index in [1.807, 2.05) is 6.07 Å². The van der Waals surface area contributed by atoms with Crippen molar-refractivity contribution >= 4 is 28.8 Å². The number of ether oxygens (including phenoxy) is 3. The first-order valence-corrected chi connectivity index (χ1v) is 10.1. The van der Waals surface area contributed by atoms with Gasteiger partial charge in [-0.25, -0.2) is 9.97 Å². The van der Waals surface area contributed by atoms with Gasteiger partial charge in [0.05, 0.1) is 6.61 Å². The highest BCUT2D eigenvalue weighted by Gasteiger charge is 2.13. The van der Waals surface area contributed by atoms with Crippen LogP contribution in [0.15, 0.2) is 48.0 Å². The molecule has 3 rings (SSSR count). The Labute approximate surface area is 177 Å². The third-order valence-electron chi connectivity index (χ3n) is 3.78. The average Bonchev–Trinajstić information content (AvgIpc) is 3.22. The summed E-state index contributed by atoms with van der Waals surface area (Å²) in [6.45, 7) is 1.41. The minimum atomic E-state index is -0.273. The van der Waals surface area contributed by atoms with Crippen LogP contribution < -0.4 is 14.8 Å². The van der Waals surface area contributed by atoms with Crippen molar-refractivity contribution in [1.29, 1.82) is 0 Å². The third-order valence-corrected chi connectivity index (χ3v) is 4.85. The zero-order valence-corrected chi connectivity index (χ0v) is 17.3. The molecule has 0 bridgehead atoms. The number of pyridine rings is 1. The first-order valence-electron chi connectivity index (χ1n) is 8.82. The molecule has 3 aromatic rings. The predicted molar refractivity (Wildman–Crippen MR) is 111 cm³/mol. The molecule has 0 unspecified atom stereocenters. The number of halogens is 1. The van der Waals surface area contributed by atoms with Crippen LogP contribution in [0.5, 0.6) is 11.6 Å². The number of amides is 1. The molecule has 7 nitrogen and oxygen atoms in total. The molecule has 0 radical (unpaired) electrons. The summed E-state index contributed by atoms with van der Waals surface area (Å²) < 4.78 is 16.2. The second-order valence-electron chi connectivity index (χ2n) is 5.86. The van der Waals surface area contributed by atoms with E-state index in [9.17, 15) is 4.79 Å². The molecule has 29 heavy (non-hydrogen) atoms. The van der Waals surface area contributed by atoms with Crippen LogP contribution in [0.25, 0.3) is 0 Å². The van der Waals surface area contributed by atoms with Gasteiger partial charge in [0.1, 0.15) is 29.7 Å². The van der Waals surface area contributed by atoms with Crippen LogP contribution in [0.2, 0.25) is 5.02 Å². The summed E-state index contributed by atoms with van der Waals surface area (Å²) in [7, 11) is 1.60. The van der Waals surface area contributed by atoms with Gasteiger partial charge in [0.15, 0.2) is 0 Å². The molecular formula is C20H20ClN3O4S. The highest BCUT2D eigenvalue weighted by molar-refractivity contribution is 7.09. The summed E-state index contributed by atoms with van der Waals surface area (Å²) in [5.74, 6) is 0.888. The van der Waals surface area contributed by atoms with E-state index in [0.717, 1.165) is 5.56 Å². The van der Waals surface area contributed by atoms with E-state index >= 15 is 0 Å². The number of methoxy groups -OCH3 is 1. The molecule has 0 aliphatic carbocycles. The van der Waals surface area contributed by atoms with Gasteiger partial charge in [0.25, 0.3) is 5.91 Å². The van der Waals surface area contributed by atoms with Crippen molar-refractivity contribution in [3.05, 3.63) is 69.3 Å². The maximum atomic E-state index is 12.4. The number of thiazole rings is 1. The largest absolute Gasteiger partial charge is 0.486 e. The quantitative estimate of drug-likeness (QED) is 0.490. The summed E-state index contributed by atoms with van der Waals surface area (Å²) in [5.41, 5.74) is 1.12. The van der Waals surface area contributed by atoms with Crippen LogP contribution in [-0.2, 0) is 17.9 Å². The van der Waals surface area contributed by atoms with Gasteiger partial charge in [-0.3, -0.25) is 4.79 Å². The van der Waals surface area contributed by atoms with Gasteiger partial charge in [-0.1, -0.05) is 17.7 Å². The lowest BCUT2D eigenvalue weighted by Gasteiger charge is -2.10. The Morgan fingerprint density at radius 3 is 2.79 bits per heavy atom. The lowest BCUT2D eigenvalue weighted by Crippen LogP contribution is -2.23. The molecule has 152 valence electrons. The van der Waals surface area contributed by atoms with Crippen LogP contribution in [0, 0.1) is 0 Å². The summed E-state index contributed by atoms with van der Waals surface area (Å²) in [5, 5.41) is 5.89. The van der Waals surface area contributed by atoms with Crippen molar-refractivity contribution in [1.82, 2.24) is 15.3 Å². The zero-order valence-electron chi connectivity index (χ0n) is 15.8. The van der Waals surface area contributed by atoms with Gasteiger partial charge >= 0.3 is 0 Å². The fourth-order valence-corrected chi connectivity index (χ4v) is 3.15. The maximum absolute atomic E-state index is 12.4. The van der Waals surface area contributed by atoms with Gasteiger partial charge in [-0.2, -0.15) is 0 Å². The first-order chi connectivity index (χ1) is 14.2. The summed E-state index contributed by atoms with van der Waals surface area (Å²) in [4.78, 5) is 20.9. The van der Waals surface area contributed by atoms with Crippen LogP contribution >= 0.6 is 22.9 Å². The van der Waals surface area contributed by atoms with Crippen LogP contribution in [0.4, 0.5) is 0 Å². The molecule has 0 spiro atoms. The fourth-order valence-electron chi connectivity index (χ4n) is 2.33. The van der Waals surface area contributed by atoms with E-state index in [0.29, 0.717) is 40.6 Å². The Hall–Kier alpha value is -2.68. The van der Waals surface area contributed by atoms with Crippen molar-refractivity contribution in [3.8, 4) is 11.6 Å². The molecule has 1 aromatic carbocycles. The van der Waals surface area contributed by atoms with E-state index in [-0.39, 0.29) is 19.1 Å². The van der Waals surface area contributed by atoms with Gasteiger partial charge < -0.3 is 19.5 Å². The third kappa shape index (κ3) is 6.42. The number of hydrogen-bond acceptors (Lipinski definition) is 7. The van der Waals surface area contributed by atoms with E-state index in [4.69, 9.17) is 25.8 Å². The van der Waals surface area contributed by atoms with Crippen molar-refractivity contribution in [2.45, 2.75) is 13.2 Å². The lowest BCUT2D eigenvalue weighted by atomic mass is 10.2. The Morgan fingerprint density at radius 2 is 2.00 bits per heavy atom. The highest BCUT2D eigenvalue weighted by Crippen LogP contribution is 2.19. The lowest BCUT2D eigenvalue weighted by molar-refractivity contribution is 0.0945. The summed E-state index contributed by atoms with van der Waals surface area (Å²) in [6.07, 6.45) is 1.64. The molecular weight excluding hydrogens is 414 g/mol. The maximum Gasteiger partial charge on any atom is 0.271 e. The zero-order chi connectivity index (χ0) is 20.5. The smallest absolute Gasteiger partial charge is 0.271 e. The van der Waals surface area contributed by atoms with Crippen molar-refractivity contribution < 1.29 is 19.0 Å². The van der Waals surface area contributed by atoms with Gasteiger partial charge in [0.2, 0.25) is 5.88 Å². The SMILES string of the molecule is COCCOc1ncccc1CNC(=O)c1csc(COc2ccc(Cl)cc2)n1. The second kappa shape index (κ2) is 10.8. The molecule has 9 heteroatoms. The van der Waals surface area contributed by atoms with Crippen molar-refractivity contribution in [3.63, 3.8) is 0 Å². The number of nitrogens with one attached hydrogen (secondary N) is 1. The van der Waals surface area contributed by atoms with Crippen LogP contribution in [0.3, 0.4) is 0 Å². The van der Waals surface area contributed by atoms with E-state index in [1.54, 1.807) is 49.0 Å². The van der Waals surface area contributed by atoms with E-state index in [2.05, 4.69) is 15.3 Å². The van der Waals surface area contributed by atoms with Crippen LogP contribution in [-0.4, -0.2) is 36.2 Å². The van der Waals surface area contributed by atoms with Crippen molar-refractivity contribution in [2.75, 3.05) is 20.3 Å². The standard InChI is InChI=1S/C20H20ClN3O4S/c1-26-9-10-27-20-14(3-2-8-22-20)11-23-19(25)17-13-29-18(24-17)12-28-16-6-4-15(21)5-7-16/h2-8,13H,9-12H2,1H3,(H,23,25). The Bertz CT molecular complexity index is 933. The van der Waals surface area contributed by atoms with E-state index < -0.39 is 0 Å². The molecule has 0 aliphatic rings. The molecule has 2 heterocycles. The molecule has 0 atom stereocenters. The molecule has 1 amide bonds. The Kier molecular flexibility index (Phi) is 7.80. The average molecular weight is 434 g/mol. The minimum Gasteiger partial charge on any atom is -0.486 e. The molecule has 0 saturated heterocycles.